The van der Waals surface area contributed by atoms with Crippen molar-refractivity contribution in [3.05, 3.63) is 29.3 Å². The van der Waals surface area contributed by atoms with E-state index in [2.05, 4.69) is 16.6 Å². The fraction of sp³-hybridized carbons (Fsp3) is 0.286. The van der Waals surface area contributed by atoms with Crippen molar-refractivity contribution in [2.45, 2.75) is 26.3 Å². The van der Waals surface area contributed by atoms with E-state index in [1.807, 2.05) is 6.92 Å². The summed E-state index contributed by atoms with van der Waals surface area (Å²) in [7, 11) is 0. The number of carbonyl (C=O) groups excluding carboxylic acids is 1. The first kappa shape index (κ1) is 14.6. The summed E-state index contributed by atoms with van der Waals surface area (Å²) in [6.07, 6.45) is 5.86. The van der Waals surface area contributed by atoms with E-state index in [1.165, 1.54) is 6.07 Å². The molecule has 0 fully saturated rings. The number of carboxylic acid groups (broad SMARTS) is 1. The number of nitrogens with one attached hydrogen (secondary N) is 2. The smallest absolute Gasteiger partial charge is 0.336 e. The predicted octanol–water partition coefficient (Wildman–Crippen LogP) is 2.23. The van der Waals surface area contributed by atoms with Crippen LogP contribution >= 0.6 is 0 Å². The molecular formula is C14H16N2O3. The molecule has 0 saturated carbocycles. The first-order valence-electron chi connectivity index (χ1n) is 5.85. The fourth-order valence-electron chi connectivity index (χ4n) is 1.52. The largest absolute Gasteiger partial charge is 0.478 e. The number of rotatable bonds is 4. The van der Waals surface area contributed by atoms with E-state index in [-0.39, 0.29) is 11.6 Å². The lowest BCUT2D eigenvalue weighted by Crippen LogP contribution is -2.36. The highest BCUT2D eigenvalue weighted by Gasteiger charge is 2.11. The van der Waals surface area contributed by atoms with E-state index in [0.717, 1.165) is 0 Å². The molecule has 0 aliphatic rings. The van der Waals surface area contributed by atoms with Gasteiger partial charge in [0.25, 0.3) is 0 Å². The van der Waals surface area contributed by atoms with Gasteiger partial charge in [-0.2, -0.15) is 0 Å². The third kappa shape index (κ3) is 4.03. The first-order chi connectivity index (χ1) is 8.97. The molecule has 0 aliphatic carbocycles. The Morgan fingerprint density at radius 2 is 2.16 bits per heavy atom. The van der Waals surface area contributed by atoms with Crippen LogP contribution in [-0.4, -0.2) is 23.1 Å². The number of carbonyl (C=O) groups is 2. The molecule has 0 aliphatic heterocycles. The number of amides is 2. The highest BCUT2D eigenvalue weighted by atomic mass is 16.4. The third-order valence-corrected chi connectivity index (χ3v) is 2.64. The number of urea groups is 1. The molecule has 3 N–H and O–H groups in total. The van der Waals surface area contributed by atoms with Crippen LogP contribution in [-0.2, 0) is 0 Å². The first-order valence-corrected chi connectivity index (χ1v) is 5.85. The molecule has 1 aromatic rings. The zero-order valence-corrected chi connectivity index (χ0v) is 10.9. The Hall–Kier alpha value is -2.48. The maximum atomic E-state index is 11.6. The molecule has 100 valence electrons. The number of terminal acetylenes is 1. The second kappa shape index (κ2) is 6.45. The van der Waals surface area contributed by atoms with Crippen molar-refractivity contribution in [2.24, 2.45) is 0 Å². The van der Waals surface area contributed by atoms with Gasteiger partial charge < -0.3 is 15.7 Å². The van der Waals surface area contributed by atoms with Crippen molar-refractivity contribution in [3.63, 3.8) is 0 Å². The lowest BCUT2D eigenvalue weighted by molar-refractivity contribution is 0.0696. The predicted molar refractivity (Wildman–Crippen MR) is 73.2 cm³/mol. The number of aromatic carboxylic acids is 1. The summed E-state index contributed by atoms with van der Waals surface area (Å²) in [4.78, 5) is 22.6. The molecule has 0 spiro atoms. The van der Waals surface area contributed by atoms with Crippen LogP contribution in [0, 0.1) is 19.3 Å². The Kier molecular flexibility index (Phi) is 4.95. The van der Waals surface area contributed by atoms with E-state index >= 15 is 0 Å². The van der Waals surface area contributed by atoms with Crippen molar-refractivity contribution in [2.75, 3.05) is 5.32 Å². The van der Waals surface area contributed by atoms with E-state index in [0.29, 0.717) is 17.7 Å². The Morgan fingerprint density at radius 3 is 2.68 bits per heavy atom. The molecule has 0 aromatic heterocycles. The van der Waals surface area contributed by atoms with E-state index < -0.39 is 12.0 Å². The van der Waals surface area contributed by atoms with Gasteiger partial charge in [-0.3, -0.25) is 0 Å². The lowest BCUT2D eigenvalue weighted by Gasteiger charge is -2.12. The maximum Gasteiger partial charge on any atom is 0.336 e. The van der Waals surface area contributed by atoms with Crippen molar-refractivity contribution >= 4 is 17.7 Å². The average molecular weight is 260 g/mol. The van der Waals surface area contributed by atoms with Crippen LogP contribution in [0.15, 0.2) is 18.2 Å². The van der Waals surface area contributed by atoms with Gasteiger partial charge in [0.05, 0.1) is 11.6 Å². The van der Waals surface area contributed by atoms with Crippen LogP contribution in [0.3, 0.4) is 0 Å². The standard InChI is InChI=1S/C14H16N2O3/c1-4-10(5-2)15-14(19)16-11-7-6-9(3)12(8-11)13(17)18/h1,6-8,10H,5H2,2-3H3,(H,17,18)(H2,15,16,19). The molecule has 0 heterocycles. The topological polar surface area (TPSA) is 78.4 Å². The van der Waals surface area contributed by atoms with Gasteiger partial charge in [-0.05, 0) is 31.0 Å². The normalized spacial score (nSPS) is 11.2. The second-order valence-electron chi connectivity index (χ2n) is 4.06. The highest BCUT2D eigenvalue weighted by molar-refractivity contribution is 5.94. The van der Waals surface area contributed by atoms with Gasteiger partial charge in [0, 0.05) is 5.69 Å². The van der Waals surface area contributed by atoms with Gasteiger partial charge in [-0.1, -0.05) is 18.9 Å². The molecule has 5 heteroatoms. The minimum Gasteiger partial charge on any atom is -0.478 e. The van der Waals surface area contributed by atoms with Gasteiger partial charge in [-0.15, -0.1) is 6.42 Å². The number of benzene rings is 1. The Labute approximate surface area is 112 Å². The number of hydrogen-bond donors (Lipinski definition) is 3. The number of hydrogen-bond acceptors (Lipinski definition) is 2. The Balaban J connectivity index is 2.78. The zero-order valence-electron chi connectivity index (χ0n) is 10.9. The van der Waals surface area contributed by atoms with Crippen molar-refractivity contribution in [1.82, 2.24) is 5.32 Å². The summed E-state index contributed by atoms with van der Waals surface area (Å²) in [5.41, 5.74) is 1.20. The minimum absolute atomic E-state index is 0.154. The van der Waals surface area contributed by atoms with Crippen LogP contribution in [0.25, 0.3) is 0 Å². The van der Waals surface area contributed by atoms with Gasteiger partial charge in [0.15, 0.2) is 0 Å². The molecule has 2 amide bonds. The van der Waals surface area contributed by atoms with Crippen LogP contribution in [0.5, 0.6) is 0 Å². The molecule has 1 rings (SSSR count). The monoisotopic (exact) mass is 260 g/mol. The summed E-state index contributed by atoms with van der Waals surface area (Å²) in [6.45, 7) is 3.55. The SMILES string of the molecule is C#CC(CC)NC(=O)Nc1ccc(C)c(C(=O)O)c1. The van der Waals surface area contributed by atoms with E-state index in [4.69, 9.17) is 11.5 Å². The summed E-state index contributed by atoms with van der Waals surface area (Å²) in [5, 5.41) is 14.1. The third-order valence-electron chi connectivity index (χ3n) is 2.64. The zero-order chi connectivity index (χ0) is 14.4. The van der Waals surface area contributed by atoms with Gasteiger partial charge in [0.2, 0.25) is 0 Å². The quantitative estimate of drug-likeness (QED) is 0.726. The molecule has 0 bridgehead atoms. The van der Waals surface area contributed by atoms with Crippen LogP contribution in [0.1, 0.15) is 29.3 Å². The molecular weight excluding hydrogens is 244 g/mol. The van der Waals surface area contributed by atoms with E-state index in [1.54, 1.807) is 19.1 Å². The Bertz CT molecular complexity index is 532. The maximum absolute atomic E-state index is 11.6. The average Bonchev–Trinajstić information content (AvgIpc) is 2.37. The van der Waals surface area contributed by atoms with Crippen LogP contribution < -0.4 is 10.6 Å². The van der Waals surface area contributed by atoms with Crippen molar-refractivity contribution < 1.29 is 14.7 Å². The fourth-order valence-corrected chi connectivity index (χ4v) is 1.52. The van der Waals surface area contributed by atoms with Gasteiger partial charge >= 0.3 is 12.0 Å². The van der Waals surface area contributed by atoms with Gasteiger partial charge in [-0.25, -0.2) is 9.59 Å². The van der Waals surface area contributed by atoms with Crippen molar-refractivity contribution in [1.29, 1.82) is 0 Å². The Morgan fingerprint density at radius 1 is 1.47 bits per heavy atom. The summed E-state index contributed by atoms with van der Waals surface area (Å²) >= 11 is 0. The summed E-state index contributed by atoms with van der Waals surface area (Å²) < 4.78 is 0. The second-order valence-corrected chi connectivity index (χ2v) is 4.06. The minimum atomic E-state index is -1.03. The lowest BCUT2D eigenvalue weighted by atomic mass is 10.1. The number of anilines is 1. The molecule has 1 aromatic carbocycles. The van der Waals surface area contributed by atoms with Crippen LogP contribution in [0.2, 0.25) is 0 Å². The summed E-state index contributed by atoms with van der Waals surface area (Å²) in [5.74, 6) is 1.41. The summed E-state index contributed by atoms with van der Waals surface area (Å²) in [6, 6.07) is 3.89. The molecule has 1 atom stereocenters. The van der Waals surface area contributed by atoms with E-state index in [9.17, 15) is 9.59 Å². The number of aryl methyl sites for hydroxylation is 1. The molecule has 0 radical (unpaired) electrons. The molecule has 0 saturated heterocycles. The number of carboxylic acids is 1. The molecule has 5 nitrogen and oxygen atoms in total. The molecule has 1 unspecified atom stereocenters. The highest BCUT2D eigenvalue weighted by Crippen LogP contribution is 2.15. The van der Waals surface area contributed by atoms with Crippen molar-refractivity contribution in [3.8, 4) is 12.3 Å². The van der Waals surface area contributed by atoms with Gasteiger partial charge in [0.1, 0.15) is 0 Å². The molecule has 19 heavy (non-hydrogen) atoms. The van der Waals surface area contributed by atoms with Crippen LogP contribution in [0.4, 0.5) is 10.5 Å².